The molecular weight excluding hydrogens is 333 g/mol. The van der Waals surface area contributed by atoms with Crippen molar-refractivity contribution in [3.05, 3.63) is 64.1 Å². The minimum absolute atomic E-state index is 0.0928. The molecule has 0 aliphatic carbocycles. The van der Waals surface area contributed by atoms with E-state index in [1.54, 1.807) is 24.3 Å². The number of hydrogen-bond acceptors (Lipinski definition) is 3. The van der Waals surface area contributed by atoms with Crippen molar-refractivity contribution in [2.45, 2.75) is 11.0 Å². The van der Waals surface area contributed by atoms with Crippen LogP contribution in [0.25, 0.3) is 0 Å². The lowest BCUT2D eigenvalue weighted by Crippen LogP contribution is -2.28. The van der Waals surface area contributed by atoms with Crippen LogP contribution in [0, 0.1) is 0 Å². The van der Waals surface area contributed by atoms with Crippen molar-refractivity contribution in [1.82, 2.24) is 4.72 Å². The molecule has 2 aromatic carbocycles. The fourth-order valence-corrected chi connectivity index (χ4v) is 2.98. The second-order valence-electron chi connectivity index (χ2n) is 4.37. The van der Waals surface area contributed by atoms with Gasteiger partial charge >= 0.3 is 0 Å². The zero-order valence-electron chi connectivity index (χ0n) is 10.8. The van der Waals surface area contributed by atoms with Gasteiger partial charge in [-0.2, -0.15) is 0 Å². The van der Waals surface area contributed by atoms with Gasteiger partial charge in [-0.25, -0.2) is 13.1 Å². The number of rotatable bonds is 5. The SMILES string of the molecule is O=S(=O)(NCC(O)c1ccc(Cl)cc1)c1ccc(Cl)cc1. The van der Waals surface area contributed by atoms with Gasteiger partial charge < -0.3 is 5.11 Å². The first kappa shape index (κ1) is 16.3. The topological polar surface area (TPSA) is 66.4 Å². The first-order valence-electron chi connectivity index (χ1n) is 6.07. The van der Waals surface area contributed by atoms with Gasteiger partial charge in [-0.3, -0.25) is 0 Å². The minimum Gasteiger partial charge on any atom is -0.387 e. The quantitative estimate of drug-likeness (QED) is 0.875. The van der Waals surface area contributed by atoms with Crippen LogP contribution in [0.3, 0.4) is 0 Å². The van der Waals surface area contributed by atoms with Gasteiger partial charge in [0, 0.05) is 16.6 Å². The van der Waals surface area contributed by atoms with E-state index in [0.717, 1.165) is 0 Å². The van der Waals surface area contributed by atoms with Crippen molar-refractivity contribution in [2.24, 2.45) is 0 Å². The Morgan fingerprint density at radius 1 is 0.952 bits per heavy atom. The van der Waals surface area contributed by atoms with Crippen LogP contribution in [0.5, 0.6) is 0 Å². The molecule has 0 spiro atoms. The lowest BCUT2D eigenvalue weighted by atomic mass is 10.1. The van der Waals surface area contributed by atoms with Gasteiger partial charge in [0.1, 0.15) is 0 Å². The second kappa shape index (κ2) is 6.77. The van der Waals surface area contributed by atoms with E-state index >= 15 is 0 Å². The van der Waals surface area contributed by atoms with Gasteiger partial charge in [0.15, 0.2) is 0 Å². The van der Waals surface area contributed by atoms with Gasteiger partial charge in [0.2, 0.25) is 10.0 Å². The van der Waals surface area contributed by atoms with Crippen molar-refractivity contribution >= 4 is 33.2 Å². The maximum absolute atomic E-state index is 12.0. The third-order valence-corrected chi connectivity index (χ3v) is 4.79. The van der Waals surface area contributed by atoms with Crippen molar-refractivity contribution in [2.75, 3.05) is 6.54 Å². The van der Waals surface area contributed by atoms with Crippen LogP contribution in [0.2, 0.25) is 10.0 Å². The Morgan fingerprint density at radius 2 is 1.43 bits per heavy atom. The van der Waals surface area contributed by atoms with E-state index in [1.165, 1.54) is 24.3 Å². The lowest BCUT2D eigenvalue weighted by Gasteiger charge is -2.13. The lowest BCUT2D eigenvalue weighted by molar-refractivity contribution is 0.182. The Morgan fingerprint density at radius 3 is 1.95 bits per heavy atom. The summed E-state index contributed by atoms with van der Waals surface area (Å²) in [6, 6.07) is 12.3. The Bertz CT molecular complexity index is 700. The zero-order chi connectivity index (χ0) is 15.5. The van der Waals surface area contributed by atoms with E-state index in [2.05, 4.69) is 4.72 Å². The Labute approximate surface area is 133 Å². The first-order chi connectivity index (χ1) is 9.88. The smallest absolute Gasteiger partial charge is 0.240 e. The molecule has 2 aromatic rings. The fourth-order valence-electron chi connectivity index (χ4n) is 1.69. The molecular formula is C14H13Cl2NO3S. The molecule has 21 heavy (non-hydrogen) atoms. The fraction of sp³-hybridized carbons (Fsp3) is 0.143. The number of hydrogen-bond donors (Lipinski definition) is 2. The summed E-state index contributed by atoms with van der Waals surface area (Å²) in [5.74, 6) is 0. The maximum atomic E-state index is 12.0. The predicted octanol–water partition coefficient (Wildman–Crippen LogP) is 3.01. The average Bonchev–Trinajstić information content (AvgIpc) is 2.46. The van der Waals surface area contributed by atoms with Gasteiger partial charge in [-0.05, 0) is 42.0 Å². The van der Waals surface area contributed by atoms with Crippen molar-refractivity contribution in [3.8, 4) is 0 Å². The van der Waals surface area contributed by atoms with Crippen LogP contribution in [0.15, 0.2) is 53.4 Å². The first-order valence-corrected chi connectivity index (χ1v) is 8.31. The molecule has 0 aliphatic rings. The number of halogens is 2. The minimum atomic E-state index is -3.68. The number of aliphatic hydroxyl groups is 1. The largest absolute Gasteiger partial charge is 0.387 e. The van der Waals surface area contributed by atoms with E-state index < -0.39 is 16.1 Å². The summed E-state index contributed by atoms with van der Waals surface area (Å²) in [4.78, 5) is 0.0928. The summed E-state index contributed by atoms with van der Waals surface area (Å²) < 4.78 is 26.4. The van der Waals surface area contributed by atoms with Crippen LogP contribution in [-0.2, 0) is 10.0 Å². The van der Waals surface area contributed by atoms with E-state index in [4.69, 9.17) is 23.2 Å². The number of benzene rings is 2. The van der Waals surface area contributed by atoms with Gasteiger partial charge in [0.05, 0.1) is 11.0 Å². The van der Waals surface area contributed by atoms with E-state index in [0.29, 0.717) is 15.6 Å². The second-order valence-corrected chi connectivity index (χ2v) is 7.01. The van der Waals surface area contributed by atoms with Crippen LogP contribution in [-0.4, -0.2) is 20.1 Å². The summed E-state index contributed by atoms with van der Waals surface area (Å²) in [5.41, 5.74) is 0.582. The summed E-state index contributed by atoms with van der Waals surface area (Å²) in [7, 11) is -3.68. The summed E-state index contributed by atoms with van der Waals surface area (Å²) in [6.07, 6.45) is -0.954. The van der Waals surface area contributed by atoms with Gasteiger partial charge in [0.25, 0.3) is 0 Å². The van der Waals surface area contributed by atoms with E-state index in [9.17, 15) is 13.5 Å². The molecule has 0 bridgehead atoms. The van der Waals surface area contributed by atoms with Gasteiger partial charge in [-0.15, -0.1) is 0 Å². The zero-order valence-corrected chi connectivity index (χ0v) is 13.2. The molecule has 0 amide bonds. The highest BCUT2D eigenvalue weighted by atomic mass is 35.5. The Kier molecular flexibility index (Phi) is 5.24. The molecule has 112 valence electrons. The van der Waals surface area contributed by atoms with Gasteiger partial charge in [-0.1, -0.05) is 35.3 Å². The standard InChI is InChI=1S/C14H13Cl2NO3S/c15-11-3-1-10(2-4-11)14(18)9-17-21(19,20)13-7-5-12(16)6-8-13/h1-8,14,17-18H,9H2. The summed E-state index contributed by atoms with van der Waals surface area (Å²) in [6.45, 7) is -0.132. The van der Waals surface area contributed by atoms with E-state index in [1.807, 2.05) is 0 Å². The molecule has 1 unspecified atom stereocenters. The van der Waals surface area contributed by atoms with Crippen molar-refractivity contribution in [1.29, 1.82) is 0 Å². The highest BCUT2D eigenvalue weighted by molar-refractivity contribution is 7.89. The highest BCUT2D eigenvalue weighted by Gasteiger charge is 2.16. The van der Waals surface area contributed by atoms with Crippen LogP contribution in [0.1, 0.15) is 11.7 Å². The molecule has 0 saturated carbocycles. The monoisotopic (exact) mass is 345 g/mol. The third-order valence-electron chi connectivity index (χ3n) is 2.85. The van der Waals surface area contributed by atoms with E-state index in [-0.39, 0.29) is 11.4 Å². The molecule has 0 aromatic heterocycles. The highest BCUT2D eigenvalue weighted by Crippen LogP contribution is 2.17. The third kappa shape index (κ3) is 4.43. The van der Waals surface area contributed by atoms with Crippen LogP contribution in [0.4, 0.5) is 0 Å². The predicted molar refractivity (Wildman–Crippen MR) is 83.1 cm³/mol. The Balaban J connectivity index is 2.04. The molecule has 0 fully saturated rings. The molecule has 0 aliphatic heterocycles. The van der Waals surface area contributed by atoms with Crippen LogP contribution < -0.4 is 4.72 Å². The molecule has 2 rings (SSSR count). The Hall–Kier alpha value is -1.11. The normalized spacial score (nSPS) is 13.1. The van der Waals surface area contributed by atoms with Crippen molar-refractivity contribution < 1.29 is 13.5 Å². The van der Waals surface area contributed by atoms with Crippen LogP contribution >= 0.6 is 23.2 Å². The number of aliphatic hydroxyl groups excluding tert-OH is 1. The molecule has 0 saturated heterocycles. The maximum Gasteiger partial charge on any atom is 0.240 e. The number of sulfonamides is 1. The average molecular weight is 346 g/mol. The molecule has 2 N–H and O–H groups in total. The van der Waals surface area contributed by atoms with Crippen molar-refractivity contribution in [3.63, 3.8) is 0 Å². The molecule has 1 atom stereocenters. The molecule has 0 radical (unpaired) electrons. The number of nitrogens with one attached hydrogen (secondary N) is 1. The summed E-state index contributed by atoms with van der Waals surface area (Å²) in [5, 5.41) is 11.0. The molecule has 4 nitrogen and oxygen atoms in total. The summed E-state index contributed by atoms with van der Waals surface area (Å²) >= 11 is 11.5. The molecule has 0 heterocycles. The molecule has 7 heteroatoms.